The van der Waals surface area contributed by atoms with Crippen LogP contribution in [0.5, 0.6) is 0 Å². The van der Waals surface area contributed by atoms with Gasteiger partial charge in [0.2, 0.25) is 5.11 Å². The van der Waals surface area contributed by atoms with Crippen LogP contribution in [0.1, 0.15) is 110 Å². The molecular weight excluding hydrogens is 464 g/mol. The van der Waals surface area contributed by atoms with E-state index in [1.54, 1.807) is 0 Å². The van der Waals surface area contributed by atoms with E-state index >= 15 is 0 Å². The summed E-state index contributed by atoms with van der Waals surface area (Å²) in [6.45, 7) is 2.27. The molecule has 0 heterocycles. The molecule has 4 nitrogen and oxygen atoms in total. The van der Waals surface area contributed by atoms with Gasteiger partial charge in [0.1, 0.15) is 0 Å². The smallest absolute Gasteiger partial charge is 0.333 e. The minimum Gasteiger partial charge on any atom is -0.334 e. The fourth-order valence-electron chi connectivity index (χ4n) is 4.26. The number of thiocarbonyl (C=S) groups is 1. The third kappa shape index (κ3) is 13.6. The highest BCUT2D eigenvalue weighted by molar-refractivity contribution is 7.80. The molecule has 0 spiro atoms. The van der Waals surface area contributed by atoms with Crippen LogP contribution in [-0.4, -0.2) is 11.1 Å². The minimum atomic E-state index is -0.259. The monoisotopic (exact) mass is 510 g/mol. The molecule has 0 aromatic heterocycles. The third-order valence-electron chi connectivity index (χ3n) is 6.38. The molecule has 0 aliphatic rings. The van der Waals surface area contributed by atoms with Gasteiger partial charge in [0, 0.05) is 12.1 Å². The Morgan fingerprint density at radius 2 is 1.14 bits per heavy atom. The lowest BCUT2D eigenvalue weighted by atomic mass is 10.0. The number of anilines is 2. The van der Waals surface area contributed by atoms with E-state index < -0.39 is 0 Å². The van der Waals surface area contributed by atoms with Crippen molar-refractivity contribution >= 4 is 34.7 Å². The van der Waals surface area contributed by atoms with E-state index in [0.717, 1.165) is 24.2 Å². The van der Waals surface area contributed by atoms with Gasteiger partial charge in [-0.1, -0.05) is 133 Å². The normalized spacial score (nSPS) is 10.7. The maximum Gasteiger partial charge on any atom is 0.333 e. The molecule has 2 rings (SSSR count). The lowest BCUT2D eigenvalue weighted by Gasteiger charge is -2.24. The Morgan fingerprint density at radius 3 is 1.64 bits per heavy atom. The molecule has 0 atom stereocenters. The minimum absolute atomic E-state index is 0.259. The van der Waals surface area contributed by atoms with E-state index in [4.69, 9.17) is 17.1 Å². The summed E-state index contributed by atoms with van der Waals surface area (Å²) in [4.78, 5) is 18.2. The van der Waals surface area contributed by atoms with Crippen molar-refractivity contribution in [3.8, 4) is 0 Å². The van der Waals surface area contributed by atoms with Crippen molar-refractivity contribution in [1.82, 2.24) is 0 Å². The average molecular weight is 511 g/mol. The topological polar surface area (TPSA) is 41.6 Å². The Kier molecular flexibility index (Phi) is 16.4. The third-order valence-corrected chi connectivity index (χ3v) is 6.65. The summed E-state index contributed by atoms with van der Waals surface area (Å²) < 4.78 is 0. The summed E-state index contributed by atoms with van der Waals surface area (Å²) in [5.41, 5.74) is 1.57. The lowest BCUT2D eigenvalue weighted by molar-refractivity contribution is -0.143. The van der Waals surface area contributed by atoms with Crippen LogP contribution in [0.4, 0.5) is 11.4 Å². The van der Waals surface area contributed by atoms with Gasteiger partial charge >= 0.3 is 5.97 Å². The molecule has 0 unspecified atom stereocenters. The van der Waals surface area contributed by atoms with E-state index in [9.17, 15) is 4.79 Å². The Bertz CT molecular complexity index is 829. The summed E-state index contributed by atoms with van der Waals surface area (Å²) in [6.07, 6.45) is 19.9. The maximum absolute atomic E-state index is 12.6. The van der Waals surface area contributed by atoms with Gasteiger partial charge < -0.3 is 10.2 Å². The molecule has 2 aromatic carbocycles. The number of hydrogen-bond acceptors (Lipinski definition) is 3. The van der Waals surface area contributed by atoms with E-state index in [1.807, 2.05) is 60.7 Å². The van der Waals surface area contributed by atoms with Crippen molar-refractivity contribution in [3.63, 3.8) is 0 Å². The van der Waals surface area contributed by atoms with Crippen molar-refractivity contribution in [2.45, 2.75) is 110 Å². The van der Waals surface area contributed by atoms with Crippen LogP contribution in [-0.2, 0) is 9.63 Å². The summed E-state index contributed by atoms with van der Waals surface area (Å²) >= 11 is 5.54. The average Bonchev–Trinajstić information content (AvgIpc) is 2.90. The highest BCUT2D eigenvalue weighted by Gasteiger charge is 2.18. The van der Waals surface area contributed by atoms with Gasteiger partial charge in [-0.15, -0.1) is 5.06 Å². The Labute approximate surface area is 224 Å². The van der Waals surface area contributed by atoms with Gasteiger partial charge in [-0.05, 0) is 42.9 Å². The molecular formula is C31H46N2O2S. The van der Waals surface area contributed by atoms with Gasteiger partial charge in [-0.2, -0.15) is 0 Å². The summed E-state index contributed by atoms with van der Waals surface area (Å²) in [7, 11) is 0. The molecule has 5 heteroatoms. The summed E-state index contributed by atoms with van der Waals surface area (Å²) in [6, 6.07) is 19.1. The zero-order chi connectivity index (χ0) is 25.7. The first-order valence-corrected chi connectivity index (χ1v) is 14.5. The highest BCUT2D eigenvalue weighted by atomic mass is 32.1. The van der Waals surface area contributed by atoms with Crippen molar-refractivity contribution < 1.29 is 9.63 Å². The van der Waals surface area contributed by atoms with E-state index in [0.29, 0.717) is 11.5 Å². The van der Waals surface area contributed by atoms with E-state index in [2.05, 4.69) is 12.2 Å². The molecule has 1 N–H and O–H groups in total. The number of hydrogen-bond donors (Lipinski definition) is 1. The highest BCUT2D eigenvalue weighted by Crippen LogP contribution is 2.18. The van der Waals surface area contributed by atoms with Crippen LogP contribution in [0, 0.1) is 0 Å². The predicted octanol–water partition coefficient (Wildman–Crippen LogP) is 9.61. The Hall–Kier alpha value is -2.40. The molecule has 0 radical (unpaired) electrons. The van der Waals surface area contributed by atoms with Crippen molar-refractivity contribution in [2.75, 3.05) is 10.4 Å². The van der Waals surface area contributed by atoms with Crippen LogP contribution in [0.25, 0.3) is 0 Å². The first kappa shape index (κ1) is 29.8. The zero-order valence-electron chi connectivity index (χ0n) is 22.3. The number of carbonyl (C=O) groups is 1. The number of hydroxylamine groups is 1. The molecule has 0 bridgehead atoms. The molecule has 0 amide bonds. The predicted molar refractivity (Wildman–Crippen MR) is 157 cm³/mol. The van der Waals surface area contributed by atoms with Gasteiger partial charge in [0.15, 0.2) is 0 Å². The van der Waals surface area contributed by atoms with Gasteiger partial charge in [-0.3, -0.25) is 0 Å². The number of carbonyl (C=O) groups excluding carboxylic acids is 1. The molecule has 2 aromatic rings. The van der Waals surface area contributed by atoms with Gasteiger partial charge in [0.25, 0.3) is 0 Å². The number of para-hydroxylation sites is 2. The van der Waals surface area contributed by atoms with Crippen LogP contribution in [0.2, 0.25) is 0 Å². The second kappa shape index (κ2) is 19.7. The van der Waals surface area contributed by atoms with E-state index in [-0.39, 0.29) is 5.97 Å². The lowest BCUT2D eigenvalue weighted by Crippen LogP contribution is -2.36. The number of unbranched alkanes of at least 4 members (excludes halogenated alkanes) is 14. The Morgan fingerprint density at radius 1 is 0.694 bits per heavy atom. The van der Waals surface area contributed by atoms with E-state index in [1.165, 1.54) is 88.5 Å². The molecule has 0 aliphatic heterocycles. The molecule has 0 saturated carbocycles. The second-order valence-corrected chi connectivity index (χ2v) is 9.98. The first-order chi connectivity index (χ1) is 17.7. The fourth-order valence-corrected chi connectivity index (χ4v) is 4.52. The fraction of sp³-hybridized carbons (Fsp3) is 0.548. The van der Waals surface area contributed by atoms with Crippen LogP contribution in [0.3, 0.4) is 0 Å². The van der Waals surface area contributed by atoms with Gasteiger partial charge in [0.05, 0.1) is 5.69 Å². The molecule has 0 saturated heterocycles. The maximum atomic E-state index is 12.6. The molecule has 36 heavy (non-hydrogen) atoms. The Balaban J connectivity index is 1.56. The second-order valence-electron chi connectivity index (χ2n) is 9.59. The van der Waals surface area contributed by atoms with Crippen molar-refractivity contribution in [2.24, 2.45) is 0 Å². The van der Waals surface area contributed by atoms with Crippen LogP contribution in [0.15, 0.2) is 60.7 Å². The standard InChI is InChI=1S/C31H46N2O2S/c1-2-3-4-5-6-7-8-9-10-11-12-13-14-15-22-27-30(34)35-33(29-25-20-17-21-26-29)31(36)32-28-23-18-16-19-24-28/h16-21,23-26H,2-15,22,27H2,1H3,(H,32,36). The number of benzene rings is 2. The van der Waals surface area contributed by atoms with Crippen molar-refractivity contribution in [3.05, 3.63) is 60.7 Å². The molecule has 0 aliphatic carbocycles. The first-order valence-electron chi connectivity index (χ1n) is 14.1. The molecule has 198 valence electrons. The quantitative estimate of drug-likeness (QED) is 0.123. The number of nitrogens with zero attached hydrogens (tertiary/aromatic N) is 1. The summed E-state index contributed by atoms with van der Waals surface area (Å²) in [5, 5.41) is 4.89. The molecule has 0 fully saturated rings. The largest absolute Gasteiger partial charge is 0.334 e. The SMILES string of the molecule is CCCCCCCCCCCCCCCCCC(=O)ON(C(=S)Nc1ccccc1)c1ccccc1. The number of nitrogens with one attached hydrogen (secondary N) is 1. The van der Waals surface area contributed by atoms with Crippen LogP contribution < -0.4 is 10.4 Å². The number of rotatable bonds is 18. The van der Waals surface area contributed by atoms with Crippen molar-refractivity contribution in [1.29, 1.82) is 0 Å². The zero-order valence-corrected chi connectivity index (χ0v) is 23.1. The van der Waals surface area contributed by atoms with Crippen LogP contribution >= 0.6 is 12.2 Å². The van der Waals surface area contributed by atoms with Gasteiger partial charge in [-0.25, -0.2) is 4.79 Å². The summed E-state index contributed by atoms with van der Waals surface area (Å²) in [5.74, 6) is -0.259.